The summed E-state index contributed by atoms with van der Waals surface area (Å²) >= 11 is 0. The maximum absolute atomic E-state index is 14.4. The number of imidazole rings is 1. The highest BCUT2D eigenvalue weighted by Crippen LogP contribution is 2.46. The molecule has 0 aliphatic heterocycles. The average molecular weight is 532 g/mol. The number of halogens is 2. The van der Waals surface area contributed by atoms with Crippen molar-refractivity contribution in [2.45, 2.75) is 63.9 Å². The van der Waals surface area contributed by atoms with Crippen molar-refractivity contribution in [1.82, 2.24) is 19.1 Å². The van der Waals surface area contributed by atoms with Gasteiger partial charge in [-0.3, -0.25) is 4.98 Å². The number of hydrogen-bond donors (Lipinski definition) is 1. The van der Waals surface area contributed by atoms with Crippen LogP contribution in [0.2, 0.25) is 0 Å². The third-order valence-corrected chi connectivity index (χ3v) is 8.18. The van der Waals surface area contributed by atoms with Crippen LogP contribution in [-0.4, -0.2) is 30.1 Å². The largest absolute Gasteiger partial charge is 0.386 e. The van der Waals surface area contributed by atoms with Gasteiger partial charge in [-0.15, -0.1) is 0 Å². The normalized spacial score (nSPS) is 18.7. The lowest BCUT2D eigenvalue weighted by molar-refractivity contribution is -0.0493. The molecular formula is C32H34F2N4O. The number of aromatic nitrogens is 4. The van der Waals surface area contributed by atoms with Crippen molar-refractivity contribution in [2.75, 3.05) is 0 Å². The minimum absolute atomic E-state index is 0.00718. The molecule has 0 radical (unpaired) electrons. The van der Waals surface area contributed by atoms with Crippen LogP contribution in [0.3, 0.4) is 0 Å². The third kappa shape index (κ3) is 4.52. The highest BCUT2D eigenvalue weighted by atomic mass is 19.3. The zero-order valence-electron chi connectivity index (χ0n) is 25.3. The van der Waals surface area contributed by atoms with E-state index >= 15 is 0 Å². The van der Waals surface area contributed by atoms with E-state index in [1.54, 1.807) is 31.7 Å². The molecule has 0 bridgehead atoms. The zero-order valence-corrected chi connectivity index (χ0v) is 22.3. The number of aryl methyl sites for hydroxylation is 2. The molecule has 3 aromatic heterocycles. The summed E-state index contributed by atoms with van der Waals surface area (Å²) in [7, 11) is 1.75. The van der Waals surface area contributed by atoms with E-state index in [0.29, 0.717) is 24.1 Å². The Morgan fingerprint density at radius 2 is 1.79 bits per heavy atom. The van der Waals surface area contributed by atoms with Gasteiger partial charge in [0.15, 0.2) is 0 Å². The first-order chi connectivity index (χ1) is 19.7. The van der Waals surface area contributed by atoms with Gasteiger partial charge in [0, 0.05) is 41.1 Å². The predicted octanol–water partition coefficient (Wildman–Crippen LogP) is 7.54. The van der Waals surface area contributed by atoms with Crippen LogP contribution >= 0.6 is 0 Å². The van der Waals surface area contributed by atoms with E-state index in [1.807, 2.05) is 54.6 Å². The molecule has 5 aromatic rings. The summed E-state index contributed by atoms with van der Waals surface area (Å²) in [6, 6.07) is 17.3. The lowest BCUT2D eigenvalue weighted by Gasteiger charge is -2.36. The Bertz CT molecular complexity index is 1760. The number of fused-ring (bicyclic) bond motifs is 3. The molecule has 7 heteroatoms. The quantitative estimate of drug-likeness (QED) is 0.255. The lowest BCUT2D eigenvalue weighted by Crippen LogP contribution is -2.30. The smallest absolute Gasteiger partial charge is 0.248 e. The van der Waals surface area contributed by atoms with Gasteiger partial charge in [0.1, 0.15) is 0 Å². The molecule has 6 rings (SSSR count). The van der Waals surface area contributed by atoms with Gasteiger partial charge in [0.05, 0.1) is 45.9 Å². The van der Waals surface area contributed by atoms with E-state index in [2.05, 4.69) is 9.55 Å². The number of aliphatic hydroxyl groups is 1. The first-order valence-corrected chi connectivity index (χ1v) is 13.4. The molecule has 1 fully saturated rings. The number of alkyl halides is 2. The minimum Gasteiger partial charge on any atom is -0.386 e. The van der Waals surface area contributed by atoms with Crippen molar-refractivity contribution in [1.29, 1.82) is 0 Å². The maximum atomic E-state index is 14.4. The van der Waals surface area contributed by atoms with E-state index in [9.17, 15) is 13.9 Å². The van der Waals surface area contributed by atoms with Crippen LogP contribution in [0, 0.1) is 12.8 Å². The summed E-state index contributed by atoms with van der Waals surface area (Å²) in [6.45, 7) is 1.04. The number of benzene rings is 2. The van der Waals surface area contributed by atoms with Crippen molar-refractivity contribution in [3.63, 3.8) is 0 Å². The van der Waals surface area contributed by atoms with Gasteiger partial charge in [-0.1, -0.05) is 42.5 Å². The van der Waals surface area contributed by atoms with Crippen LogP contribution in [0.4, 0.5) is 8.78 Å². The van der Waals surface area contributed by atoms with Gasteiger partial charge in [-0.2, -0.15) is 0 Å². The second-order valence-corrected chi connectivity index (χ2v) is 11.4. The standard InChI is InChI=1S/C32H34F2N4O/c1-20-29(37(4)19-36-20)23-16-27-28(35-18-23)25-11-10-24(31(2,3)39)17-26(25)38(27)30(21-8-6-5-7-9-21)22-12-14-32(33,34)15-13-22/h5-11,16-19,22,30,39H,12-15H2,1-4H3/i1D3. The molecule has 1 aliphatic rings. The van der Waals surface area contributed by atoms with E-state index in [0.717, 1.165) is 33.1 Å². The van der Waals surface area contributed by atoms with Gasteiger partial charge in [0.25, 0.3) is 0 Å². The molecule has 0 saturated heterocycles. The SMILES string of the molecule is [2H]C([2H])([2H])c1ncn(C)c1-c1cnc2c3ccc(C(C)(C)O)cc3n(C(c3ccccc3)C3CCC(F)(F)CC3)c2c1. The Labute approximate surface area is 231 Å². The Morgan fingerprint density at radius 3 is 2.49 bits per heavy atom. The van der Waals surface area contributed by atoms with Crippen LogP contribution in [0.5, 0.6) is 0 Å². The molecule has 1 N–H and O–H groups in total. The summed E-state index contributed by atoms with van der Waals surface area (Å²) in [5.74, 6) is -2.75. The lowest BCUT2D eigenvalue weighted by atomic mass is 9.79. The highest BCUT2D eigenvalue weighted by Gasteiger charge is 2.39. The first-order valence-electron chi connectivity index (χ1n) is 14.9. The Kier molecular flexibility index (Phi) is 5.29. The van der Waals surface area contributed by atoms with Crippen LogP contribution < -0.4 is 0 Å². The van der Waals surface area contributed by atoms with E-state index in [4.69, 9.17) is 9.10 Å². The van der Waals surface area contributed by atoms with E-state index < -0.39 is 18.4 Å². The fourth-order valence-corrected chi connectivity index (χ4v) is 6.15. The predicted molar refractivity (Wildman–Crippen MR) is 151 cm³/mol. The molecule has 1 saturated carbocycles. The molecule has 1 aliphatic carbocycles. The molecule has 202 valence electrons. The minimum atomic E-state index is -2.67. The fraction of sp³-hybridized carbons (Fsp3) is 0.375. The van der Waals surface area contributed by atoms with E-state index in [1.165, 1.54) is 6.33 Å². The zero-order chi connectivity index (χ0) is 30.0. The topological polar surface area (TPSA) is 55.9 Å². The molecule has 0 amide bonds. The van der Waals surface area contributed by atoms with Crippen LogP contribution in [-0.2, 0) is 12.6 Å². The van der Waals surface area contributed by atoms with Crippen LogP contribution in [0.1, 0.15) is 66.5 Å². The van der Waals surface area contributed by atoms with Crippen molar-refractivity contribution < 1.29 is 18.0 Å². The van der Waals surface area contributed by atoms with Crippen molar-refractivity contribution >= 4 is 21.9 Å². The van der Waals surface area contributed by atoms with Crippen LogP contribution in [0.25, 0.3) is 33.2 Å². The molecule has 39 heavy (non-hydrogen) atoms. The van der Waals surface area contributed by atoms with Crippen molar-refractivity contribution in [3.8, 4) is 11.3 Å². The molecule has 1 unspecified atom stereocenters. The second-order valence-electron chi connectivity index (χ2n) is 11.4. The van der Waals surface area contributed by atoms with Gasteiger partial charge in [0.2, 0.25) is 5.92 Å². The van der Waals surface area contributed by atoms with Gasteiger partial charge >= 0.3 is 0 Å². The van der Waals surface area contributed by atoms with Gasteiger partial charge < -0.3 is 14.2 Å². The Balaban J connectivity index is 1.67. The number of hydrogen-bond acceptors (Lipinski definition) is 3. The molecular weight excluding hydrogens is 494 g/mol. The highest BCUT2D eigenvalue weighted by molar-refractivity contribution is 6.07. The summed E-state index contributed by atoms with van der Waals surface area (Å²) in [6.07, 6.45) is 3.53. The summed E-state index contributed by atoms with van der Waals surface area (Å²) in [5.41, 5.74) is 3.97. The third-order valence-electron chi connectivity index (χ3n) is 8.18. The van der Waals surface area contributed by atoms with Crippen molar-refractivity contribution in [2.24, 2.45) is 13.0 Å². The molecule has 5 nitrogen and oxygen atoms in total. The Hall–Kier alpha value is -3.58. The average Bonchev–Trinajstić information content (AvgIpc) is 3.47. The fourth-order valence-electron chi connectivity index (χ4n) is 6.15. The first kappa shape index (κ1) is 22.3. The second kappa shape index (κ2) is 9.26. The Morgan fingerprint density at radius 1 is 1.05 bits per heavy atom. The molecule has 1 atom stereocenters. The van der Waals surface area contributed by atoms with Gasteiger partial charge in [-0.25, -0.2) is 13.8 Å². The summed E-state index contributed by atoms with van der Waals surface area (Å²) < 4.78 is 56.7. The molecule has 3 heterocycles. The number of nitrogens with zero attached hydrogens (tertiary/aromatic N) is 4. The van der Waals surface area contributed by atoms with E-state index in [-0.39, 0.29) is 30.5 Å². The number of rotatable bonds is 5. The molecule has 0 spiro atoms. The number of pyridine rings is 1. The van der Waals surface area contributed by atoms with Crippen molar-refractivity contribution in [3.05, 3.63) is 83.9 Å². The summed E-state index contributed by atoms with van der Waals surface area (Å²) in [5, 5.41) is 11.8. The van der Waals surface area contributed by atoms with Crippen LogP contribution in [0.15, 0.2) is 67.1 Å². The summed E-state index contributed by atoms with van der Waals surface area (Å²) in [4.78, 5) is 9.04. The monoisotopic (exact) mass is 531 g/mol. The maximum Gasteiger partial charge on any atom is 0.248 e. The molecule has 2 aromatic carbocycles. The van der Waals surface area contributed by atoms with Gasteiger partial charge in [-0.05, 0) is 62.7 Å².